The summed E-state index contributed by atoms with van der Waals surface area (Å²) in [6.45, 7) is 5.58. The van der Waals surface area contributed by atoms with E-state index >= 15 is 0 Å². The molecular formula is C18H23ClN4O2S. The summed E-state index contributed by atoms with van der Waals surface area (Å²) >= 11 is 6.04. The van der Waals surface area contributed by atoms with Crippen LogP contribution in [0.5, 0.6) is 0 Å². The predicted molar refractivity (Wildman–Crippen MR) is 103 cm³/mol. The molecule has 1 aromatic heterocycles. The Bertz CT molecular complexity index is 896. The van der Waals surface area contributed by atoms with Crippen molar-refractivity contribution in [1.82, 2.24) is 14.7 Å². The topological polar surface area (TPSA) is 75.2 Å². The Balaban J connectivity index is 1.78. The van der Waals surface area contributed by atoms with Crippen LogP contribution in [-0.2, 0) is 16.6 Å². The number of benzene rings is 1. The van der Waals surface area contributed by atoms with E-state index in [2.05, 4.69) is 19.6 Å². The van der Waals surface area contributed by atoms with Crippen LogP contribution in [-0.4, -0.2) is 31.5 Å². The number of aryl methyl sites for hydroxylation is 1. The van der Waals surface area contributed by atoms with E-state index < -0.39 is 10.0 Å². The van der Waals surface area contributed by atoms with Crippen LogP contribution in [0.2, 0.25) is 5.02 Å². The van der Waals surface area contributed by atoms with Crippen LogP contribution in [0.3, 0.4) is 0 Å². The normalized spacial score (nSPS) is 15.3. The molecule has 0 spiro atoms. The molecule has 0 atom stereocenters. The van der Waals surface area contributed by atoms with Crippen molar-refractivity contribution in [1.29, 1.82) is 0 Å². The van der Waals surface area contributed by atoms with Crippen LogP contribution in [0.15, 0.2) is 29.2 Å². The van der Waals surface area contributed by atoms with Crippen molar-refractivity contribution < 1.29 is 8.42 Å². The fourth-order valence-corrected chi connectivity index (χ4v) is 4.57. The largest absolute Gasteiger partial charge is 0.357 e. The highest BCUT2D eigenvalue weighted by molar-refractivity contribution is 7.89. The van der Waals surface area contributed by atoms with Crippen LogP contribution in [0, 0.1) is 13.8 Å². The van der Waals surface area contributed by atoms with Crippen LogP contribution in [0.4, 0.5) is 5.82 Å². The maximum Gasteiger partial charge on any atom is 0.241 e. The molecule has 3 rings (SSSR count). The first-order chi connectivity index (χ1) is 12.4. The van der Waals surface area contributed by atoms with E-state index in [-0.39, 0.29) is 11.4 Å². The van der Waals surface area contributed by atoms with Crippen molar-refractivity contribution in [2.45, 2.75) is 44.6 Å². The zero-order valence-corrected chi connectivity index (χ0v) is 16.6. The van der Waals surface area contributed by atoms with E-state index in [0.29, 0.717) is 16.4 Å². The van der Waals surface area contributed by atoms with Gasteiger partial charge in [-0.2, -0.15) is 0 Å². The summed E-state index contributed by atoms with van der Waals surface area (Å²) in [6.07, 6.45) is 3.55. The van der Waals surface area contributed by atoms with E-state index in [1.54, 1.807) is 25.1 Å². The number of hydrogen-bond acceptors (Lipinski definition) is 5. The fourth-order valence-electron chi connectivity index (χ4n) is 3.09. The van der Waals surface area contributed by atoms with E-state index in [1.165, 1.54) is 6.42 Å². The average Bonchev–Trinajstić information content (AvgIpc) is 2.62. The van der Waals surface area contributed by atoms with Gasteiger partial charge in [0.15, 0.2) is 0 Å². The summed E-state index contributed by atoms with van der Waals surface area (Å²) in [5.74, 6) is 1.33. The number of hydrogen-bond donors (Lipinski definition) is 1. The molecule has 0 aliphatic carbocycles. The van der Waals surface area contributed by atoms with Crippen LogP contribution in [0.1, 0.15) is 36.3 Å². The summed E-state index contributed by atoms with van der Waals surface area (Å²) in [4.78, 5) is 11.3. The second-order valence-electron chi connectivity index (χ2n) is 6.52. The molecule has 0 saturated carbocycles. The molecule has 140 valence electrons. The quantitative estimate of drug-likeness (QED) is 0.842. The van der Waals surface area contributed by atoms with Crippen molar-refractivity contribution in [3.63, 3.8) is 0 Å². The number of piperidine rings is 1. The van der Waals surface area contributed by atoms with E-state index in [9.17, 15) is 8.42 Å². The lowest BCUT2D eigenvalue weighted by atomic mass is 10.1. The predicted octanol–water partition coefficient (Wildman–Crippen LogP) is 3.22. The van der Waals surface area contributed by atoms with E-state index in [0.717, 1.165) is 37.4 Å². The first kappa shape index (κ1) is 19.1. The summed E-state index contributed by atoms with van der Waals surface area (Å²) in [6, 6.07) is 6.79. The molecular weight excluding hydrogens is 372 g/mol. The van der Waals surface area contributed by atoms with Crippen molar-refractivity contribution in [2.24, 2.45) is 0 Å². The molecule has 2 heterocycles. The number of sulfonamides is 1. The molecule has 0 bridgehead atoms. The second kappa shape index (κ2) is 7.90. The Labute approximate surface area is 159 Å². The van der Waals surface area contributed by atoms with Crippen LogP contribution in [0.25, 0.3) is 0 Å². The highest BCUT2D eigenvalue weighted by Gasteiger charge is 2.19. The smallest absolute Gasteiger partial charge is 0.241 e. The third-order valence-electron chi connectivity index (χ3n) is 4.49. The van der Waals surface area contributed by atoms with Gasteiger partial charge < -0.3 is 4.90 Å². The van der Waals surface area contributed by atoms with Crippen molar-refractivity contribution in [2.75, 3.05) is 18.0 Å². The summed E-state index contributed by atoms with van der Waals surface area (Å²) < 4.78 is 27.8. The van der Waals surface area contributed by atoms with Crippen molar-refractivity contribution >= 4 is 27.4 Å². The third-order valence-corrected chi connectivity index (χ3v) is 6.45. The maximum absolute atomic E-state index is 12.6. The van der Waals surface area contributed by atoms with Crippen LogP contribution < -0.4 is 9.62 Å². The number of rotatable bonds is 5. The lowest BCUT2D eigenvalue weighted by molar-refractivity contribution is 0.569. The minimum atomic E-state index is -3.69. The van der Waals surface area contributed by atoms with E-state index in [1.807, 2.05) is 13.0 Å². The third kappa shape index (κ3) is 4.34. The fraction of sp³-hybridized carbons (Fsp3) is 0.444. The first-order valence-corrected chi connectivity index (χ1v) is 10.6. The lowest BCUT2D eigenvalue weighted by Crippen LogP contribution is -2.31. The molecule has 1 saturated heterocycles. The zero-order valence-electron chi connectivity index (χ0n) is 15.0. The molecule has 8 heteroatoms. The molecule has 6 nitrogen and oxygen atoms in total. The molecule has 0 amide bonds. The van der Waals surface area contributed by atoms with Crippen molar-refractivity contribution in [3.05, 3.63) is 46.4 Å². The first-order valence-electron chi connectivity index (χ1n) is 8.71. The van der Waals surface area contributed by atoms with Gasteiger partial charge in [0.1, 0.15) is 11.6 Å². The Morgan fingerprint density at radius 2 is 1.88 bits per heavy atom. The number of halogens is 1. The molecule has 26 heavy (non-hydrogen) atoms. The molecule has 1 aliphatic heterocycles. The van der Waals surface area contributed by atoms with Gasteiger partial charge in [0.2, 0.25) is 10.0 Å². The number of nitrogens with zero attached hydrogens (tertiary/aromatic N) is 3. The Kier molecular flexibility index (Phi) is 5.79. The van der Waals surface area contributed by atoms with E-state index in [4.69, 9.17) is 11.6 Å². The molecule has 0 radical (unpaired) electrons. The summed E-state index contributed by atoms with van der Waals surface area (Å²) in [7, 11) is -3.69. The van der Waals surface area contributed by atoms with Gasteiger partial charge in [-0.25, -0.2) is 23.1 Å². The van der Waals surface area contributed by atoms with Crippen molar-refractivity contribution in [3.8, 4) is 0 Å². The number of anilines is 1. The van der Waals surface area contributed by atoms with Gasteiger partial charge in [0.25, 0.3) is 0 Å². The highest BCUT2D eigenvalue weighted by Crippen LogP contribution is 2.23. The minimum Gasteiger partial charge on any atom is -0.357 e. The van der Waals surface area contributed by atoms with Gasteiger partial charge >= 0.3 is 0 Å². The SMILES string of the molecule is Cc1cc(N2CCCCC2)nc(CNS(=O)(=O)c2cccc(Cl)c2C)n1. The summed E-state index contributed by atoms with van der Waals surface area (Å²) in [5, 5.41) is 0.423. The molecule has 1 N–H and O–H groups in total. The van der Waals surface area contributed by atoms with Gasteiger partial charge in [-0.3, -0.25) is 0 Å². The summed E-state index contributed by atoms with van der Waals surface area (Å²) in [5.41, 5.74) is 1.36. The number of nitrogens with one attached hydrogen (secondary N) is 1. The lowest BCUT2D eigenvalue weighted by Gasteiger charge is -2.28. The Hall–Kier alpha value is -1.70. The Morgan fingerprint density at radius 1 is 1.15 bits per heavy atom. The van der Waals surface area contributed by atoms with Gasteiger partial charge in [0, 0.05) is 29.9 Å². The molecule has 1 aliphatic rings. The monoisotopic (exact) mass is 394 g/mol. The van der Waals surface area contributed by atoms with Gasteiger partial charge in [-0.15, -0.1) is 0 Å². The van der Waals surface area contributed by atoms with Gasteiger partial charge in [0.05, 0.1) is 11.4 Å². The molecule has 1 fully saturated rings. The molecule has 0 unspecified atom stereocenters. The Morgan fingerprint density at radius 3 is 2.62 bits per heavy atom. The highest BCUT2D eigenvalue weighted by atomic mass is 35.5. The van der Waals surface area contributed by atoms with Crippen LogP contribution >= 0.6 is 11.6 Å². The standard InChI is InChI=1S/C18H23ClN4O2S/c1-13-11-18(23-9-4-3-5-10-23)22-17(21-13)12-20-26(24,25)16-8-6-7-15(19)14(16)2/h6-8,11,20H,3-5,9-10,12H2,1-2H3. The molecule has 2 aromatic rings. The average molecular weight is 395 g/mol. The second-order valence-corrected chi connectivity index (χ2v) is 8.66. The molecule has 1 aromatic carbocycles. The minimum absolute atomic E-state index is 0.0385. The zero-order chi connectivity index (χ0) is 18.7. The van der Waals surface area contributed by atoms with Gasteiger partial charge in [-0.1, -0.05) is 17.7 Å². The maximum atomic E-state index is 12.6. The number of aromatic nitrogens is 2. The van der Waals surface area contributed by atoms with Gasteiger partial charge in [-0.05, 0) is 50.8 Å².